The molecule has 112 valence electrons. The Balaban J connectivity index is 2.29. The van der Waals surface area contributed by atoms with Gasteiger partial charge in [0.05, 0.1) is 5.60 Å². The number of anilines is 2. The molecule has 1 fully saturated rings. The predicted molar refractivity (Wildman–Crippen MR) is 82.4 cm³/mol. The van der Waals surface area contributed by atoms with Gasteiger partial charge in [-0.3, -0.25) is 0 Å². The molecule has 1 aliphatic rings. The number of aromatic nitrogens is 2. The van der Waals surface area contributed by atoms with E-state index in [1.54, 1.807) is 6.33 Å². The second-order valence-electron chi connectivity index (χ2n) is 6.13. The Morgan fingerprint density at radius 3 is 2.55 bits per heavy atom. The van der Waals surface area contributed by atoms with Crippen LogP contribution >= 0.6 is 0 Å². The molecule has 0 saturated carbocycles. The first-order valence-corrected chi connectivity index (χ1v) is 7.50. The lowest BCUT2D eigenvalue weighted by Crippen LogP contribution is -2.43. The van der Waals surface area contributed by atoms with E-state index in [0.717, 1.165) is 44.1 Å². The van der Waals surface area contributed by atoms with Crippen molar-refractivity contribution in [3.8, 4) is 0 Å². The van der Waals surface area contributed by atoms with Crippen molar-refractivity contribution in [2.24, 2.45) is 0 Å². The van der Waals surface area contributed by atoms with Crippen molar-refractivity contribution in [3.63, 3.8) is 0 Å². The Hall–Kier alpha value is -1.36. The molecular formula is C15H26N4O. The number of hydrogen-bond acceptors (Lipinski definition) is 5. The number of nitrogens with one attached hydrogen (secondary N) is 1. The number of hydrogen-bond donors (Lipinski definition) is 2. The van der Waals surface area contributed by atoms with E-state index in [1.807, 2.05) is 6.92 Å². The highest BCUT2D eigenvalue weighted by molar-refractivity contribution is 5.60. The molecule has 0 amide bonds. The average molecular weight is 278 g/mol. The molecule has 1 aromatic heterocycles. The molecule has 0 bridgehead atoms. The third-order valence-electron chi connectivity index (χ3n) is 3.92. The maximum absolute atomic E-state index is 10.1. The molecule has 0 aliphatic carbocycles. The van der Waals surface area contributed by atoms with Crippen LogP contribution in [0.5, 0.6) is 0 Å². The molecule has 5 nitrogen and oxygen atoms in total. The fourth-order valence-corrected chi connectivity index (χ4v) is 2.68. The van der Waals surface area contributed by atoms with E-state index in [1.165, 1.54) is 5.56 Å². The van der Waals surface area contributed by atoms with Crippen LogP contribution in [-0.2, 0) is 0 Å². The molecule has 2 heterocycles. The van der Waals surface area contributed by atoms with Gasteiger partial charge in [0.15, 0.2) is 0 Å². The lowest BCUT2D eigenvalue weighted by atomic mass is 9.93. The Labute approximate surface area is 121 Å². The summed E-state index contributed by atoms with van der Waals surface area (Å²) in [5, 5.41) is 13.4. The van der Waals surface area contributed by atoms with E-state index in [4.69, 9.17) is 0 Å². The van der Waals surface area contributed by atoms with Gasteiger partial charge in [-0.2, -0.15) is 0 Å². The average Bonchev–Trinajstić information content (AvgIpc) is 2.38. The van der Waals surface area contributed by atoms with Gasteiger partial charge in [-0.1, -0.05) is 13.8 Å². The number of piperidine rings is 1. The van der Waals surface area contributed by atoms with Gasteiger partial charge >= 0.3 is 0 Å². The summed E-state index contributed by atoms with van der Waals surface area (Å²) in [6.45, 7) is 10.9. The number of rotatable bonds is 4. The summed E-state index contributed by atoms with van der Waals surface area (Å²) in [5.41, 5.74) is 0.641. The van der Waals surface area contributed by atoms with Gasteiger partial charge in [0.25, 0.3) is 0 Å². The first kappa shape index (κ1) is 15.0. The van der Waals surface area contributed by atoms with Crippen LogP contribution in [0.4, 0.5) is 11.6 Å². The molecule has 0 radical (unpaired) electrons. The van der Waals surface area contributed by atoms with Crippen molar-refractivity contribution in [1.82, 2.24) is 9.97 Å². The van der Waals surface area contributed by atoms with Gasteiger partial charge in [0.2, 0.25) is 0 Å². The van der Waals surface area contributed by atoms with E-state index < -0.39 is 5.60 Å². The van der Waals surface area contributed by atoms with Crippen molar-refractivity contribution >= 4 is 11.6 Å². The van der Waals surface area contributed by atoms with Crippen LogP contribution in [0, 0.1) is 0 Å². The molecule has 2 rings (SSSR count). The smallest absolute Gasteiger partial charge is 0.137 e. The lowest BCUT2D eigenvalue weighted by molar-refractivity contribution is 0.0350. The quantitative estimate of drug-likeness (QED) is 0.885. The van der Waals surface area contributed by atoms with Crippen molar-refractivity contribution in [2.45, 2.75) is 52.1 Å². The molecular weight excluding hydrogens is 252 g/mol. The zero-order valence-corrected chi connectivity index (χ0v) is 13.0. The molecule has 0 unspecified atom stereocenters. The second-order valence-corrected chi connectivity index (χ2v) is 6.13. The molecule has 1 aromatic rings. The zero-order chi connectivity index (χ0) is 14.8. The fourth-order valence-electron chi connectivity index (χ4n) is 2.68. The Morgan fingerprint density at radius 1 is 1.35 bits per heavy atom. The largest absolute Gasteiger partial charge is 0.390 e. The van der Waals surface area contributed by atoms with Gasteiger partial charge in [-0.15, -0.1) is 0 Å². The zero-order valence-electron chi connectivity index (χ0n) is 13.0. The summed E-state index contributed by atoms with van der Waals surface area (Å²) in [6.07, 6.45) is 3.20. The molecule has 2 N–H and O–H groups in total. The fraction of sp³-hybridized carbons (Fsp3) is 0.733. The second kappa shape index (κ2) is 5.95. The molecule has 5 heteroatoms. The van der Waals surface area contributed by atoms with Gasteiger partial charge in [-0.25, -0.2) is 9.97 Å². The van der Waals surface area contributed by atoms with Crippen molar-refractivity contribution in [3.05, 3.63) is 11.9 Å². The summed E-state index contributed by atoms with van der Waals surface area (Å²) in [5.74, 6) is 2.31. The first-order chi connectivity index (χ1) is 9.44. The molecule has 0 aromatic carbocycles. The summed E-state index contributed by atoms with van der Waals surface area (Å²) in [4.78, 5) is 11.2. The van der Waals surface area contributed by atoms with E-state index >= 15 is 0 Å². The Morgan fingerprint density at radius 2 is 2.00 bits per heavy atom. The van der Waals surface area contributed by atoms with Gasteiger partial charge in [-0.05, 0) is 32.6 Å². The summed E-state index contributed by atoms with van der Waals surface area (Å²) >= 11 is 0. The standard InChI is InChI=1S/C15H26N4O/c1-5-16-13-12(11(2)3)14(18-10-17-13)19-8-6-15(4,20)7-9-19/h10-11,20H,5-9H2,1-4H3,(H,16,17,18). The van der Waals surface area contributed by atoms with Crippen LogP contribution in [0.2, 0.25) is 0 Å². The Bertz CT molecular complexity index is 449. The number of nitrogens with zero attached hydrogens (tertiary/aromatic N) is 3. The van der Waals surface area contributed by atoms with E-state index in [9.17, 15) is 5.11 Å². The van der Waals surface area contributed by atoms with Crippen LogP contribution in [0.3, 0.4) is 0 Å². The molecule has 0 spiro atoms. The van der Waals surface area contributed by atoms with Crippen LogP contribution in [0.1, 0.15) is 52.0 Å². The van der Waals surface area contributed by atoms with Crippen LogP contribution in [-0.4, -0.2) is 40.3 Å². The Kier molecular flexibility index (Phi) is 4.48. The van der Waals surface area contributed by atoms with Crippen LogP contribution < -0.4 is 10.2 Å². The maximum Gasteiger partial charge on any atom is 0.137 e. The lowest BCUT2D eigenvalue weighted by Gasteiger charge is -2.37. The highest BCUT2D eigenvalue weighted by Crippen LogP contribution is 2.33. The van der Waals surface area contributed by atoms with E-state index in [0.29, 0.717) is 5.92 Å². The predicted octanol–water partition coefficient (Wildman–Crippen LogP) is 2.38. The molecule has 20 heavy (non-hydrogen) atoms. The van der Waals surface area contributed by atoms with Crippen molar-refractivity contribution in [2.75, 3.05) is 29.9 Å². The maximum atomic E-state index is 10.1. The van der Waals surface area contributed by atoms with Gasteiger partial charge < -0.3 is 15.3 Å². The van der Waals surface area contributed by atoms with E-state index in [-0.39, 0.29) is 0 Å². The SMILES string of the molecule is CCNc1ncnc(N2CCC(C)(O)CC2)c1C(C)C. The van der Waals surface area contributed by atoms with Gasteiger partial charge in [0.1, 0.15) is 18.0 Å². The van der Waals surface area contributed by atoms with Crippen molar-refractivity contribution in [1.29, 1.82) is 0 Å². The van der Waals surface area contributed by atoms with Crippen LogP contribution in [0.15, 0.2) is 6.33 Å². The normalized spacial score (nSPS) is 18.4. The molecule has 1 saturated heterocycles. The molecule has 1 aliphatic heterocycles. The summed E-state index contributed by atoms with van der Waals surface area (Å²) in [6, 6.07) is 0. The minimum Gasteiger partial charge on any atom is -0.390 e. The highest BCUT2D eigenvalue weighted by Gasteiger charge is 2.29. The summed E-state index contributed by atoms with van der Waals surface area (Å²) in [7, 11) is 0. The van der Waals surface area contributed by atoms with Crippen molar-refractivity contribution < 1.29 is 5.11 Å². The van der Waals surface area contributed by atoms with Crippen LogP contribution in [0.25, 0.3) is 0 Å². The monoisotopic (exact) mass is 278 g/mol. The van der Waals surface area contributed by atoms with Gasteiger partial charge in [0, 0.05) is 25.2 Å². The first-order valence-electron chi connectivity index (χ1n) is 7.50. The van der Waals surface area contributed by atoms with E-state index in [2.05, 4.69) is 41.0 Å². The minimum atomic E-state index is -0.536. The summed E-state index contributed by atoms with van der Waals surface area (Å²) < 4.78 is 0. The number of aliphatic hydroxyl groups is 1. The topological polar surface area (TPSA) is 61.3 Å². The third-order valence-corrected chi connectivity index (χ3v) is 3.92. The molecule has 0 atom stereocenters. The third kappa shape index (κ3) is 3.20. The highest BCUT2D eigenvalue weighted by atomic mass is 16.3. The minimum absolute atomic E-state index is 0.364.